The molecule has 1 fully saturated rings. The number of benzene rings is 1. The first-order chi connectivity index (χ1) is 9.66. The van der Waals surface area contributed by atoms with Gasteiger partial charge in [-0.2, -0.15) is 0 Å². The van der Waals surface area contributed by atoms with Crippen LogP contribution in [-0.4, -0.2) is 37.6 Å². The largest absolute Gasteiger partial charge is 0.368 e. The van der Waals surface area contributed by atoms with Gasteiger partial charge in [-0.15, -0.1) is 0 Å². The molecule has 0 spiro atoms. The maximum absolute atomic E-state index is 12.7. The van der Waals surface area contributed by atoms with Gasteiger partial charge in [0.25, 0.3) is 5.91 Å². The Morgan fingerprint density at radius 1 is 1.20 bits per heavy atom. The van der Waals surface area contributed by atoms with Crippen molar-refractivity contribution >= 4 is 11.8 Å². The quantitative estimate of drug-likeness (QED) is 0.786. The second-order valence-corrected chi connectivity index (χ2v) is 4.56. The number of carbonyl (C=O) groups excluding carboxylic acids is 2. The average Bonchev–Trinajstić information content (AvgIpc) is 2.98. The Balaban J connectivity index is 1.66. The van der Waals surface area contributed by atoms with Crippen molar-refractivity contribution in [2.24, 2.45) is 0 Å². The lowest BCUT2D eigenvalue weighted by Crippen LogP contribution is -2.39. The highest BCUT2D eigenvalue weighted by Gasteiger charge is 2.22. The minimum absolute atomic E-state index is 0.140. The van der Waals surface area contributed by atoms with Gasteiger partial charge in [0.1, 0.15) is 11.9 Å². The summed E-state index contributed by atoms with van der Waals surface area (Å²) in [6.45, 7) is 1.28. The first-order valence-corrected chi connectivity index (χ1v) is 6.60. The molecule has 2 rings (SSSR count). The van der Waals surface area contributed by atoms with E-state index in [1.807, 2.05) is 0 Å². The molecule has 5 nitrogen and oxygen atoms in total. The van der Waals surface area contributed by atoms with Crippen LogP contribution in [-0.2, 0) is 9.53 Å². The summed E-state index contributed by atoms with van der Waals surface area (Å²) in [6, 6.07) is 5.29. The Morgan fingerprint density at radius 3 is 2.55 bits per heavy atom. The predicted octanol–water partition coefficient (Wildman–Crippen LogP) is 0.851. The summed E-state index contributed by atoms with van der Waals surface area (Å²) >= 11 is 0. The van der Waals surface area contributed by atoms with Gasteiger partial charge in [0, 0.05) is 25.3 Å². The van der Waals surface area contributed by atoms with Crippen LogP contribution < -0.4 is 10.6 Å². The van der Waals surface area contributed by atoms with Crippen molar-refractivity contribution in [1.29, 1.82) is 0 Å². The molecule has 0 aliphatic carbocycles. The number of halogens is 1. The summed E-state index contributed by atoms with van der Waals surface area (Å²) in [6.07, 6.45) is 1.29. The molecule has 20 heavy (non-hydrogen) atoms. The lowest BCUT2D eigenvalue weighted by atomic mass is 10.2. The molecular formula is C14H17FN2O3. The minimum atomic E-state index is -0.384. The molecule has 1 atom stereocenters. The fraction of sp³-hybridized carbons (Fsp3) is 0.429. The van der Waals surface area contributed by atoms with Crippen LogP contribution in [0.3, 0.4) is 0 Å². The number of amides is 2. The lowest BCUT2D eigenvalue weighted by Gasteiger charge is -2.10. The number of nitrogens with one attached hydrogen (secondary N) is 2. The van der Waals surface area contributed by atoms with E-state index in [9.17, 15) is 14.0 Å². The van der Waals surface area contributed by atoms with Gasteiger partial charge in [-0.1, -0.05) is 0 Å². The average molecular weight is 280 g/mol. The van der Waals surface area contributed by atoms with Gasteiger partial charge in [-0.05, 0) is 37.1 Å². The molecule has 1 aromatic carbocycles. The molecule has 2 amide bonds. The van der Waals surface area contributed by atoms with Gasteiger partial charge in [0.2, 0.25) is 5.91 Å². The molecule has 1 saturated heterocycles. The van der Waals surface area contributed by atoms with Gasteiger partial charge >= 0.3 is 0 Å². The number of hydrogen-bond acceptors (Lipinski definition) is 3. The second-order valence-electron chi connectivity index (χ2n) is 4.56. The van der Waals surface area contributed by atoms with E-state index in [1.54, 1.807) is 0 Å². The highest BCUT2D eigenvalue weighted by molar-refractivity contribution is 5.94. The van der Waals surface area contributed by atoms with E-state index >= 15 is 0 Å². The summed E-state index contributed by atoms with van der Waals surface area (Å²) in [7, 11) is 0. The molecule has 0 bridgehead atoms. The molecule has 1 unspecified atom stereocenters. The van der Waals surface area contributed by atoms with Crippen LogP contribution in [0.1, 0.15) is 23.2 Å². The number of rotatable bonds is 5. The number of ether oxygens (including phenoxy) is 1. The molecule has 1 aromatic rings. The standard InChI is InChI=1S/C14H17FN2O3/c15-11-5-3-10(4-6-11)13(18)16-7-8-17-14(19)12-2-1-9-20-12/h3-6,12H,1-2,7-9H2,(H,16,18)(H,17,19). The Bertz CT molecular complexity index is 470. The van der Waals surface area contributed by atoms with Gasteiger partial charge in [-0.25, -0.2) is 4.39 Å². The van der Waals surface area contributed by atoms with E-state index in [-0.39, 0.29) is 23.7 Å². The minimum Gasteiger partial charge on any atom is -0.368 e. The summed E-state index contributed by atoms with van der Waals surface area (Å²) in [4.78, 5) is 23.3. The predicted molar refractivity (Wildman–Crippen MR) is 70.7 cm³/mol. The van der Waals surface area contributed by atoms with Crippen molar-refractivity contribution in [2.75, 3.05) is 19.7 Å². The van der Waals surface area contributed by atoms with E-state index < -0.39 is 0 Å². The van der Waals surface area contributed by atoms with Gasteiger partial charge in [0.15, 0.2) is 0 Å². The highest BCUT2D eigenvalue weighted by atomic mass is 19.1. The smallest absolute Gasteiger partial charge is 0.251 e. The molecule has 108 valence electrons. The van der Waals surface area contributed by atoms with Crippen molar-refractivity contribution in [3.05, 3.63) is 35.6 Å². The van der Waals surface area contributed by atoms with Gasteiger partial charge in [-0.3, -0.25) is 9.59 Å². The molecule has 1 heterocycles. The normalized spacial score (nSPS) is 17.8. The molecule has 0 radical (unpaired) electrons. The maximum atomic E-state index is 12.7. The third-order valence-electron chi connectivity index (χ3n) is 3.04. The third kappa shape index (κ3) is 4.03. The van der Waals surface area contributed by atoms with Crippen LogP contribution in [0.15, 0.2) is 24.3 Å². The highest BCUT2D eigenvalue weighted by Crippen LogP contribution is 2.11. The van der Waals surface area contributed by atoms with Crippen LogP contribution >= 0.6 is 0 Å². The van der Waals surface area contributed by atoms with Crippen molar-refractivity contribution in [3.8, 4) is 0 Å². The Morgan fingerprint density at radius 2 is 1.90 bits per heavy atom. The molecular weight excluding hydrogens is 263 g/mol. The summed E-state index contributed by atoms with van der Waals surface area (Å²) in [5, 5.41) is 5.35. The molecule has 1 aliphatic rings. The van der Waals surface area contributed by atoms with Crippen molar-refractivity contribution < 1.29 is 18.7 Å². The zero-order chi connectivity index (χ0) is 14.4. The fourth-order valence-corrected chi connectivity index (χ4v) is 1.96. The van der Waals surface area contributed by atoms with Crippen molar-refractivity contribution in [1.82, 2.24) is 10.6 Å². The number of hydrogen-bond donors (Lipinski definition) is 2. The summed E-state index contributed by atoms with van der Waals surface area (Å²) in [5.41, 5.74) is 0.386. The van der Waals surface area contributed by atoms with Crippen LogP contribution in [0.4, 0.5) is 4.39 Å². The zero-order valence-corrected chi connectivity index (χ0v) is 11.0. The Hall–Kier alpha value is -1.95. The van der Waals surface area contributed by atoms with Gasteiger partial charge in [0.05, 0.1) is 0 Å². The summed E-state index contributed by atoms with van der Waals surface area (Å²) in [5.74, 6) is -0.819. The zero-order valence-electron chi connectivity index (χ0n) is 11.0. The van der Waals surface area contributed by atoms with Crippen molar-refractivity contribution in [2.45, 2.75) is 18.9 Å². The lowest BCUT2D eigenvalue weighted by molar-refractivity contribution is -0.129. The Labute approximate surface area is 116 Å². The Kier molecular flexibility index (Phi) is 5.06. The van der Waals surface area contributed by atoms with Crippen LogP contribution in [0, 0.1) is 5.82 Å². The van der Waals surface area contributed by atoms with E-state index in [4.69, 9.17) is 4.74 Å². The molecule has 1 aliphatic heterocycles. The topological polar surface area (TPSA) is 67.4 Å². The van der Waals surface area contributed by atoms with Crippen molar-refractivity contribution in [3.63, 3.8) is 0 Å². The SMILES string of the molecule is O=C(NCCNC(=O)C1CCCO1)c1ccc(F)cc1. The first kappa shape index (κ1) is 14.5. The van der Waals surface area contributed by atoms with Crippen LogP contribution in [0.25, 0.3) is 0 Å². The van der Waals surface area contributed by atoms with Crippen LogP contribution in [0.2, 0.25) is 0 Å². The summed E-state index contributed by atoms with van der Waals surface area (Å²) < 4.78 is 17.9. The van der Waals surface area contributed by atoms with Gasteiger partial charge < -0.3 is 15.4 Å². The molecule has 6 heteroatoms. The molecule has 0 saturated carbocycles. The van der Waals surface area contributed by atoms with E-state index in [2.05, 4.69) is 10.6 Å². The number of carbonyl (C=O) groups is 2. The van der Waals surface area contributed by atoms with Crippen LogP contribution in [0.5, 0.6) is 0 Å². The van der Waals surface area contributed by atoms with E-state index in [0.29, 0.717) is 25.3 Å². The third-order valence-corrected chi connectivity index (χ3v) is 3.04. The monoisotopic (exact) mass is 280 g/mol. The second kappa shape index (κ2) is 7.00. The molecule has 0 aromatic heterocycles. The van der Waals surface area contributed by atoms with E-state index in [0.717, 1.165) is 12.8 Å². The van der Waals surface area contributed by atoms with E-state index in [1.165, 1.54) is 24.3 Å². The first-order valence-electron chi connectivity index (χ1n) is 6.60. The maximum Gasteiger partial charge on any atom is 0.251 e. The fourth-order valence-electron chi connectivity index (χ4n) is 1.96. The molecule has 2 N–H and O–H groups in total.